The van der Waals surface area contributed by atoms with Crippen molar-refractivity contribution in [3.05, 3.63) is 59.1 Å². The number of benzene rings is 2. The SMILES string of the molecule is CCOc1ccccc1CCNS(=O)(=O)c1ccc(Cl)cc1. The first-order chi connectivity index (χ1) is 10.5. The van der Waals surface area contributed by atoms with Crippen molar-refractivity contribution in [2.45, 2.75) is 18.2 Å². The molecule has 0 spiro atoms. The van der Waals surface area contributed by atoms with Crippen LogP contribution in [0.5, 0.6) is 5.75 Å². The van der Waals surface area contributed by atoms with Crippen LogP contribution in [-0.4, -0.2) is 21.6 Å². The number of hydrogen-bond acceptors (Lipinski definition) is 3. The van der Waals surface area contributed by atoms with Gasteiger partial charge in [0.1, 0.15) is 5.75 Å². The highest BCUT2D eigenvalue weighted by Gasteiger charge is 2.13. The average Bonchev–Trinajstić information content (AvgIpc) is 2.49. The number of halogens is 1. The van der Waals surface area contributed by atoms with E-state index in [4.69, 9.17) is 16.3 Å². The van der Waals surface area contributed by atoms with E-state index < -0.39 is 10.0 Å². The second-order valence-electron chi connectivity index (χ2n) is 4.64. The normalized spacial score (nSPS) is 11.4. The predicted molar refractivity (Wildman–Crippen MR) is 88.0 cm³/mol. The Kier molecular flexibility index (Phi) is 5.83. The van der Waals surface area contributed by atoms with Crippen molar-refractivity contribution in [2.24, 2.45) is 0 Å². The van der Waals surface area contributed by atoms with Gasteiger partial charge in [0.2, 0.25) is 10.0 Å². The van der Waals surface area contributed by atoms with Gasteiger partial charge in [0.25, 0.3) is 0 Å². The van der Waals surface area contributed by atoms with Gasteiger partial charge in [-0.05, 0) is 49.2 Å². The molecule has 0 aliphatic rings. The van der Waals surface area contributed by atoms with Gasteiger partial charge < -0.3 is 4.74 Å². The summed E-state index contributed by atoms with van der Waals surface area (Å²) < 4.78 is 32.4. The maximum atomic E-state index is 12.2. The first-order valence-electron chi connectivity index (χ1n) is 6.99. The fraction of sp³-hybridized carbons (Fsp3) is 0.250. The van der Waals surface area contributed by atoms with Gasteiger partial charge in [-0.3, -0.25) is 0 Å². The van der Waals surface area contributed by atoms with E-state index in [9.17, 15) is 8.42 Å². The third-order valence-electron chi connectivity index (χ3n) is 3.08. The Morgan fingerprint density at radius 2 is 1.77 bits per heavy atom. The molecular formula is C16H18ClNO3S. The summed E-state index contributed by atoms with van der Waals surface area (Å²) in [5, 5.41) is 0.504. The number of ether oxygens (including phenoxy) is 1. The minimum Gasteiger partial charge on any atom is -0.494 e. The van der Waals surface area contributed by atoms with Crippen LogP contribution < -0.4 is 9.46 Å². The van der Waals surface area contributed by atoms with Gasteiger partial charge in [0, 0.05) is 11.6 Å². The first-order valence-corrected chi connectivity index (χ1v) is 8.85. The van der Waals surface area contributed by atoms with Crippen molar-refractivity contribution in [3.63, 3.8) is 0 Å². The Hall–Kier alpha value is -1.56. The lowest BCUT2D eigenvalue weighted by molar-refractivity contribution is 0.336. The molecule has 22 heavy (non-hydrogen) atoms. The summed E-state index contributed by atoms with van der Waals surface area (Å²) in [6.45, 7) is 2.79. The molecule has 0 saturated heterocycles. The van der Waals surface area contributed by atoms with Crippen LogP contribution in [-0.2, 0) is 16.4 Å². The van der Waals surface area contributed by atoms with Gasteiger partial charge in [-0.15, -0.1) is 0 Å². The molecule has 6 heteroatoms. The highest BCUT2D eigenvalue weighted by molar-refractivity contribution is 7.89. The van der Waals surface area contributed by atoms with Crippen LogP contribution >= 0.6 is 11.6 Å². The van der Waals surface area contributed by atoms with E-state index in [2.05, 4.69) is 4.72 Å². The fourth-order valence-corrected chi connectivity index (χ4v) is 3.18. The monoisotopic (exact) mass is 339 g/mol. The number of hydrogen-bond donors (Lipinski definition) is 1. The summed E-state index contributed by atoms with van der Waals surface area (Å²) in [5.74, 6) is 0.788. The quantitative estimate of drug-likeness (QED) is 0.842. The standard InChI is InChI=1S/C16H18ClNO3S/c1-2-21-16-6-4-3-5-13(16)11-12-18-22(19,20)15-9-7-14(17)8-10-15/h3-10,18H,2,11-12H2,1H3. The van der Waals surface area contributed by atoms with Crippen LogP contribution in [0.25, 0.3) is 0 Å². The van der Waals surface area contributed by atoms with Crippen LogP contribution in [0.3, 0.4) is 0 Å². The van der Waals surface area contributed by atoms with Crippen LogP contribution in [0, 0.1) is 0 Å². The molecule has 2 aromatic rings. The molecule has 0 radical (unpaired) electrons. The number of nitrogens with one attached hydrogen (secondary N) is 1. The molecule has 0 aliphatic heterocycles. The number of para-hydroxylation sites is 1. The van der Waals surface area contributed by atoms with Gasteiger partial charge in [-0.25, -0.2) is 13.1 Å². The number of rotatable bonds is 7. The third-order valence-corrected chi connectivity index (χ3v) is 4.81. The van der Waals surface area contributed by atoms with E-state index >= 15 is 0 Å². The highest BCUT2D eigenvalue weighted by atomic mass is 35.5. The maximum absolute atomic E-state index is 12.2. The van der Waals surface area contributed by atoms with Crippen molar-refractivity contribution < 1.29 is 13.2 Å². The zero-order valence-corrected chi connectivity index (χ0v) is 13.8. The van der Waals surface area contributed by atoms with E-state index in [1.54, 1.807) is 12.1 Å². The molecule has 0 aliphatic carbocycles. The molecule has 0 aromatic heterocycles. The fourth-order valence-electron chi connectivity index (χ4n) is 2.02. The second kappa shape index (κ2) is 7.63. The Labute approximate surface area is 136 Å². The first kappa shape index (κ1) is 16.8. The van der Waals surface area contributed by atoms with E-state index in [-0.39, 0.29) is 4.90 Å². The van der Waals surface area contributed by atoms with E-state index in [1.165, 1.54) is 12.1 Å². The van der Waals surface area contributed by atoms with Crippen LogP contribution in [0.1, 0.15) is 12.5 Å². The van der Waals surface area contributed by atoms with Gasteiger partial charge in [-0.1, -0.05) is 29.8 Å². The van der Waals surface area contributed by atoms with Gasteiger partial charge in [-0.2, -0.15) is 0 Å². The molecule has 0 fully saturated rings. The molecule has 0 unspecified atom stereocenters. The van der Waals surface area contributed by atoms with Crippen LogP contribution in [0.2, 0.25) is 5.02 Å². The molecule has 2 rings (SSSR count). The second-order valence-corrected chi connectivity index (χ2v) is 6.85. The lowest BCUT2D eigenvalue weighted by Gasteiger charge is -2.11. The molecule has 0 atom stereocenters. The van der Waals surface area contributed by atoms with E-state index in [1.807, 2.05) is 31.2 Å². The molecular weight excluding hydrogens is 322 g/mol. The Morgan fingerprint density at radius 1 is 1.09 bits per heavy atom. The molecule has 0 heterocycles. The molecule has 118 valence electrons. The van der Waals surface area contributed by atoms with Gasteiger partial charge in [0.05, 0.1) is 11.5 Å². The minimum absolute atomic E-state index is 0.204. The maximum Gasteiger partial charge on any atom is 0.240 e. The summed E-state index contributed by atoms with van der Waals surface area (Å²) in [6.07, 6.45) is 0.559. The third kappa shape index (κ3) is 4.47. The smallest absolute Gasteiger partial charge is 0.240 e. The summed E-state index contributed by atoms with van der Waals surface area (Å²) in [6, 6.07) is 13.7. The topological polar surface area (TPSA) is 55.4 Å². The molecule has 0 bridgehead atoms. The molecule has 1 N–H and O–H groups in total. The lowest BCUT2D eigenvalue weighted by Crippen LogP contribution is -2.26. The zero-order chi connectivity index (χ0) is 16.0. The minimum atomic E-state index is -3.52. The van der Waals surface area contributed by atoms with Crippen molar-refractivity contribution in [1.82, 2.24) is 4.72 Å². The molecule has 0 amide bonds. The van der Waals surface area contributed by atoms with E-state index in [0.717, 1.165) is 11.3 Å². The lowest BCUT2D eigenvalue weighted by atomic mass is 10.1. The Morgan fingerprint density at radius 3 is 2.45 bits per heavy atom. The summed E-state index contributed by atoms with van der Waals surface area (Å²) in [4.78, 5) is 0.204. The van der Waals surface area contributed by atoms with Crippen molar-refractivity contribution in [2.75, 3.05) is 13.2 Å². The Balaban J connectivity index is 2.00. The summed E-state index contributed by atoms with van der Waals surface area (Å²) in [5.41, 5.74) is 0.975. The average molecular weight is 340 g/mol. The summed E-state index contributed by atoms with van der Waals surface area (Å²) in [7, 11) is -3.52. The van der Waals surface area contributed by atoms with Gasteiger partial charge >= 0.3 is 0 Å². The van der Waals surface area contributed by atoms with Crippen LogP contribution in [0.4, 0.5) is 0 Å². The van der Waals surface area contributed by atoms with Crippen LogP contribution in [0.15, 0.2) is 53.4 Å². The molecule has 0 saturated carbocycles. The Bertz CT molecular complexity index is 714. The van der Waals surface area contributed by atoms with E-state index in [0.29, 0.717) is 24.6 Å². The zero-order valence-electron chi connectivity index (χ0n) is 12.3. The largest absolute Gasteiger partial charge is 0.494 e. The van der Waals surface area contributed by atoms with Gasteiger partial charge in [0.15, 0.2) is 0 Å². The van der Waals surface area contributed by atoms with Crippen molar-refractivity contribution >= 4 is 21.6 Å². The molecule has 4 nitrogen and oxygen atoms in total. The summed E-state index contributed by atoms with van der Waals surface area (Å²) >= 11 is 5.76. The number of sulfonamides is 1. The molecule has 2 aromatic carbocycles. The van der Waals surface area contributed by atoms with Crippen molar-refractivity contribution in [1.29, 1.82) is 0 Å². The highest BCUT2D eigenvalue weighted by Crippen LogP contribution is 2.18. The van der Waals surface area contributed by atoms with Crippen molar-refractivity contribution in [3.8, 4) is 5.75 Å². The predicted octanol–water partition coefficient (Wildman–Crippen LogP) is 3.26.